The molecule has 0 aliphatic carbocycles. The van der Waals surface area contributed by atoms with E-state index in [2.05, 4.69) is 4.98 Å². The Morgan fingerprint density at radius 1 is 1.34 bits per heavy atom. The minimum Gasteiger partial charge on any atom is -0.472 e. The SMILES string of the molecule is CCC(=O)N(C)C[C@@H]1Oc2ncc(-c3ccccc3C)cc2C(=O)N([C@@H](C)CO)C[C@H]1C. The molecule has 0 fully saturated rings. The molecular weight excluding hydrogens is 406 g/mol. The number of hydrogen-bond acceptors (Lipinski definition) is 5. The number of carbonyl (C=O) groups is 2. The molecule has 172 valence electrons. The van der Waals surface area contributed by atoms with Gasteiger partial charge in [0, 0.05) is 37.7 Å². The number of aliphatic hydroxyl groups excluding tert-OH is 1. The van der Waals surface area contributed by atoms with E-state index in [-0.39, 0.29) is 42.4 Å². The smallest absolute Gasteiger partial charge is 0.259 e. The van der Waals surface area contributed by atoms with Crippen LogP contribution >= 0.6 is 0 Å². The van der Waals surface area contributed by atoms with Gasteiger partial charge in [-0.25, -0.2) is 4.98 Å². The van der Waals surface area contributed by atoms with Crippen molar-refractivity contribution in [2.24, 2.45) is 5.92 Å². The second-order valence-electron chi connectivity index (χ2n) is 8.64. The number of fused-ring (bicyclic) bond motifs is 1. The Balaban J connectivity index is 2.05. The van der Waals surface area contributed by atoms with Crippen molar-refractivity contribution in [2.75, 3.05) is 26.7 Å². The Hall–Kier alpha value is -2.93. The number of likely N-dealkylation sites (N-methyl/N-ethyl adjacent to an activating group) is 1. The van der Waals surface area contributed by atoms with E-state index in [9.17, 15) is 14.7 Å². The van der Waals surface area contributed by atoms with Crippen LogP contribution < -0.4 is 4.74 Å². The summed E-state index contributed by atoms with van der Waals surface area (Å²) < 4.78 is 6.25. The van der Waals surface area contributed by atoms with Crippen molar-refractivity contribution in [1.82, 2.24) is 14.8 Å². The molecule has 0 bridgehead atoms. The lowest BCUT2D eigenvalue weighted by molar-refractivity contribution is -0.131. The summed E-state index contributed by atoms with van der Waals surface area (Å²) >= 11 is 0. The summed E-state index contributed by atoms with van der Waals surface area (Å²) in [5.74, 6) is 0.0118. The van der Waals surface area contributed by atoms with Crippen molar-refractivity contribution in [1.29, 1.82) is 0 Å². The highest BCUT2D eigenvalue weighted by molar-refractivity contribution is 5.98. The van der Waals surface area contributed by atoms with Crippen molar-refractivity contribution in [3.63, 3.8) is 0 Å². The zero-order valence-corrected chi connectivity index (χ0v) is 19.5. The Kier molecular flexibility index (Phi) is 7.51. The molecule has 7 nitrogen and oxygen atoms in total. The molecule has 1 N–H and O–H groups in total. The Bertz CT molecular complexity index is 977. The molecule has 32 heavy (non-hydrogen) atoms. The average molecular weight is 440 g/mol. The summed E-state index contributed by atoms with van der Waals surface area (Å²) in [5.41, 5.74) is 3.28. The topological polar surface area (TPSA) is 83.0 Å². The van der Waals surface area contributed by atoms with E-state index in [0.29, 0.717) is 25.1 Å². The molecule has 3 rings (SSSR count). The van der Waals surface area contributed by atoms with Crippen molar-refractivity contribution < 1.29 is 19.4 Å². The number of pyridine rings is 1. The maximum atomic E-state index is 13.5. The first-order chi connectivity index (χ1) is 15.3. The second kappa shape index (κ2) is 10.1. The minimum atomic E-state index is -0.353. The van der Waals surface area contributed by atoms with Gasteiger partial charge in [-0.3, -0.25) is 9.59 Å². The van der Waals surface area contributed by atoms with Crippen LogP contribution in [0.25, 0.3) is 11.1 Å². The van der Waals surface area contributed by atoms with Crippen molar-refractivity contribution in [2.45, 2.75) is 46.3 Å². The third-order valence-corrected chi connectivity index (χ3v) is 6.16. The third kappa shape index (κ3) is 4.93. The van der Waals surface area contributed by atoms with Crippen LogP contribution in [0.2, 0.25) is 0 Å². The molecule has 1 aliphatic heterocycles. The molecule has 0 spiro atoms. The van der Waals surface area contributed by atoms with Crippen LogP contribution in [0.4, 0.5) is 0 Å². The zero-order chi connectivity index (χ0) is 23.4. The number of benzene rings is 1. The first kappa shape index (κ1) is 23.7. The van der Waals surface area contributed by atoms with Crippen LogP contribution in [-0.4, -0.2) is 70.6 Å². The molecule has 2 aromatic rings. The molecule has 1 aromatic heterocycles. The molecule has 7 heteroatoms. The fourth-order valence-electron chi connectivity index (χ4n) is 4.01. The summed E-state index contributed by atoms with van der Waals surface area (Å²) in [6, 6.07) is 9.40. The van der Waals surface area contributed by atoms with Crippen molar-refractivity contribution in [3.8, 4) is 17.0 Å². The van der Waals surface area contributed by atoms with Gasteiger partial charge in [0.1, 0.15) is 11.7 Å². The quantitative estimate of drug-likeness (QED) is 0.748. The maximum Gasteiger partial charge on any atom is 0.259 e. The molecule has 2 heterocycles. The molecule has 2 amide bonds. The molecule has 0 radical (unpaired) electrons. The van der Waals surface area contributed by atoms with Gasteiger partial charge in [0.25, 0.3) is 5.91 Å². The molecule has 1 aliphatic rings. The van der Waals surface area contributed by atoms with Crippen LogP contribution in [0.15, 0.2) is 36.5 Å². The number of aryl methyl sites for hydroxylation is 1. The second-order valence-corrected chi connectivity index (χ2v) is 8.64. The van der Waals surface area contributed by atoms with Crippen LogP contribution in [0.5, 0.6) is 5.88 Å². The summed E-state index contributed by atoms with van der Waals surface area (Å²) in [4.78, 5) is 33.5. The fourth-order valence-corrected chi connectivity index (χ4v) is 4.01. The summed E-state index contributed by atoms with van der Waals surface area (Å²) in [6.07, 6.45) is 1.80. The number of carbonyl (C=O) groups excluding carboxylic acids is 2. The normalized spacial score (nSPS) is 19.4. The number of rotatable bonds is 6. The van der Waals surface area contributed by atoms with Gasteiger partial charge in [0.2, 0.25) is 11.8 Å². The van der Waals surface area contributed by atoms with Crippen LogP contribution in [0.3, 0.4) is 0 Å². The molecular formula is C25H33N3O4. The van der Waals surface area contributed by atoms with Gasteiger partial charge in [0.15, 0.2) is 0 Å². The van der Waals surface area contributed by atoms with Gasteiger partial charge < -0.3 is 19.6 Å². The predicted molar refractivity (Wildman–Crippen MR) is 124 cm³/mol. The van der Waals surface area contributed by atoms with E-state index < -0.39 is 0 Å². The number of amides is 2. The average Bonchev–Trinajstić information content (AvgIpc) is 2.80. The molecule has 3 atom stereocenters. The standard InChI is InChI=1S/C25H33N3O4/c1-6-23(30)27(5)14-22-17(3)13-28(18(4)15-29)25(31)21-11-19(12-26-24(21)32-22)20-10-8-7-9-16(20)2/h7-12,17-18,22,29H,6,13-15H2,1-5H3/t17-,18+,22+/m1/s1. The van der Waals surface area contributed by atoms with E-state index in [1.807, 2.05) is 58.0 Å². The lowest BCUT2D eigenvalue weighted by atomic mass is 9.98. The minimum absolute atomic E-state index is 0.0302. The third-order valence-electron chi connectivity index (χ3n) is 6.16. The van der Waals surface area contributed by atoms with E-state index in [4.69, 9.17) is 4.74 Å². The molecule has 1 aromatic carbocycles. The number of aromatic nitrogens is 1. The van der Waals surface area contributed by atoms with Gasteiger partial charge in [-0.1, -0.05) is 38.1 Å². The van der Waals surface area contributed by atoms with Gasteiger partial charge in [-0.15, -0.1) is 0 Å². The van der Waals surface area contributed by atoms with Crippen LogP contribution in [0, 0.1) is 12.8 Å². The van der Waals surface area contributed by atoms with Crippen LogP contribution in [-0.2, 0) is 4.79 Å². The lowest BCUT2D eigenvalue weighted by Gasteiger charge is -2.37. The number of ether oxygens (including phenoxy) is 1. The number of aliphatic hydroxyl groups is 1. The summed E-state index contributed by atoms with van der Waals surface area (Å²) in [6.45, 7) is 8.33. The van der Waals surface area contributed by atoms with Gasteiger partial charge in [-0.05, 0) is 31.0 Å². The first-order valence-corrected chi connectivity index (χ1v) is 11.1. The summed E-state index contributed by atoms with van der Waals surface area (Å²) in [5, 5.41) is 9.79. The van der Waals surface area contributed by atoms with Crippen molar-refractivity contribution in [3.05, 3.63) is 47.7 Å². The van der Waals surface area contributed by atoms with E-state index in [1.165, 1.54) is 0 Å². The maximum absolute atomic E-state index is 13.5. The Labute approximate surface area is 190 Å². The van der Waals surface area contributed by atoms with Gasteiger partial charge >= 0.3 is 0 Å². The predicted octanol–water partition coefficient (Wildman–Crippen LogP) is 3.15. The molecule has 0 unspecified atom stereocenters. The van der Waals surface area contributed by atoms with Crippen molar-refractivity contribution >= 4 is 11.8 Å². The lowest BCUT2D eigenvalue weighted by Crippen LogP contribution is -2.50. The Morgan fingerprint density at radius 2 is 2.06 bits per heavy atom. The van der Waals surface area contributed by atoms with E-state index >= 15 is 0 Å². The van der Waals surface area contributed by atoms with E-state index in [1.54, 1.807) is 23.0 Å². The van der Waals surface area contributed by atoms with E-state index in [0.717, 1.165) is 16.7 Å². The first-order valence-electron chi connectivity index (χ1n) is 11.1. The summed E-state index contributed by atoms with van der Waals surface area (Å²) in [7, 11) is 1.76. The largest absolute Gasteiger partial charge is 0.472 e. The fraction of sp³-hybridized carbons (Fsp3) is 0.480. The highest BCUT2D eigenvalue weighted by atomic mass is 16.5. The molecule has 0 saturated carbocycles. The van der Waals surface area contributed by atoms with Gasteiger partial charge in [0.05, 0.1) is 19.2 Å². The monoisotopic (exact) mass is 439 g/mol. The number of hydrogen-bond donors (Lipinski definition) is 1. The zero-order valence-electron chi connectivity index (χ0n) is 19.5. The highest BCUT2D eigenvalue weighted by Gasteiger charge is 2.34. The van der Waals surface area contributed by atoms with Crippen LogP contribution in [0.1, 0.15) is 43.1 Å². The number of nitrogens with zero attached hydrogens (tertiary/aromatic N) is 3. The van der Waals surface area contributed by atoms with Gasteiger partial charge in [-0.2, -0.15) is 0 Å². The highest BCUT2D eigenvalue weighted by Crippen LogP contribution is 2.31. The Morgan fingerprint density at radius 3 is 2.72 bits per heavy atom. The molecule has 0 saturated heterocycles.